The minimum Gasteiger partial charge on any atom is -0.496 e. The van der Waals surface area contributed by atoms with Crippen LogP contribution < -0.4 is 9.47 Å². The molecule has 2 aromatic carbocycles. The Hall–Kier alpha value is -1.70. The van der Waals surface area contributed by atoms with Gasteiger partial charge in [-0.25, -0.2) is 0 Å². The molecule has 0 N–H and O–H groups in total. The average Bonchev–Trinajstić information content (AvgIpc) is 2.27. The third-order valence-corrected chi connectivity index (χ3v) is 2.15. The van der Waals surface area contributed by atoms with Crippen LogP contribution in [0.15, 0.2) is 30.3 Å². The van der Waals surface area contributed by atoms with Crippen molar-refractivity contribution in [1.29, 1.82) is 0 Å². The maximum atomic E-state index is 5.27. The topological polar surface area (TPSA) is 18.5 Å². The van der Waals surface area contributed by atoms with E-state index in [1.807, 2.05) is 30.3 Å². The molecule has 0 heterocycles. The van der Waals surface area contributed by atoms with Crippen LogP contribution in [-0.2, 0) is 0 Å². The number of methoxy groups -OCH3 is 2. The molecule has 0 bridgehead atoms. The van der Waals surface area contributed by atoms with E-state index < -0.39 is 0 Å². The monoisotopic (exact) mass is 187 g/mol. The fourth-order valence-corrected chi connectivity index (χ4v) is 1.45. The van der Waals surface area contributed by atoms with Gasteiger partial charge in [0, 0.05) is 17.5 Å². The van der Waals surface area contributed by atoms with Crippen molar-refractivity contribution >= 4 is 10.8 Å². The molecule has 2 nitrogen and oxygen atoms in total. The molecule has 2 aromatic rings. The first-order chi connectivity index (χ1) is 6.85. The number of ether oxygens (including phenoxy) is 2. The molecule has 0 aromatic heterocycles. The van der Waals surface area contributed by atoms with Gasteiger partial charge in [-0.05, 0) is 5.39 Å². The average molecular weight is 187 g/mol. The first-order valence-electron chi connectivity index (χ1n) is 4.38. The van der Waals surface area contributed by atoms with Gasteiger partial charge < -0.3 is 9.47 Å². The van der Waals surface area contributed by atoms with Gasteiger partial charge in [-0.2, -0.15) is 0 Å². The maximum absolute atomic E-state index is 5.27. The van der Waals surface area contributed by atoms with Gasteiger partial charge in [-0.1, -0.05) is 24.3 Å². The van der Waals surface area contributed by atoms with Gasteiger partial charge in [-0.3, -0.25) is 0 Å². The number of benzene rings is 2. The van der Waals surface area contributed by atoms with Crippen LogP contribution in [0.4, 0.5) is 0 Å². The van der Waals surface area contributed by atoms with Gasteiger partial charge in [0.1, 0.15) is 11.5 Å². The highest BCUT2D eigenvalue weighted by Crippen LogP contribution is 2.29. The van der Waals surface area contributed by atoms with Crippen molar-refractivity contribution in [2.45, 2.75) is 0 Å². The maximum Gasteiger partial charge on any atom is 0.131 e. The second-order valence-corrected chi connectivity index (χ2v) is 2.95. The molecule has 14 heavy (non-hydrogen) atoms. The molecular weight excluding hydrogens is 176 g/mol. The van der Waals surface area contributed by atoms with Crippen molar-refractivity contribution in [3.05, 3.63) is 36.4 Å². The summed E-state index contributed by atoms with van der Waals surface area (Å²) < 4.78 is 10.4. The molecule has 2 heteroatoms. The first kappa shape index (κ1) is 8.88. The molecule has 0 atom stereocenters. The third kappa shape index (κ3) is 1.39. The Kier molecular flexibility index (Phi) is 2.27. The number of hydrogen-bond acceptors (Lipinski definition) is 2. The summed E-state index contributed by atoms with van der Waals surface area (Å²) in [6, 6.07) is 12.9. The lowest BCUT2D eigenvalue weighted by atomic mass is 10.1. The quantitative estimate of drug-likeness (QED) is 0.719. The highest BCUT2D eigenvalue weighted by Gasteiger charge is 2.03. The minimum absolute atomic E-state index is 0.695. The molecule has 2 rings (SSSR count). The third-order valence-electron chi connectivity index (χ3n) is 2.15. The summed E-state index contributed by atoms with van der Waals surface area (Å²) in [6.07, 6.45) is 0. The molecule has 0 aliphatic rings. The second-order valence-electron chi connectivity index (χ2n) is 2.95. The molecule has 0 aliphatic heterocycles. The molecule has 1 radical (unpaired) electrons. The zero-order chi connectivity index (χ0) is 9.97. The lowest BCUT2D eigenvalue weighted by molar-refractivity contribution is 0.397. The van der Waals surface area contributed by atoms with E-state index in [1.54, 1.807) is 14.2 Å². The predicted octanol–water partition coefficient (Wildman–Crippen LogP) is 2.66. The fourth-order valence-electron chi connectivity index (χ4n) is 1.45. The minimum atomic E-state index is 0.695. The summed E-state index contributed by atoms with van der Waals surface area (Å²) in [5.41, 5.74) is 0. The van der Waals surface area contributed by atoms with Crippen molar-refractivity contribution < 1.29 is 9.47 Å². The fraction of sp³-hybridized carbons (Fsp3) is 0.167. The molecule has 0 unspecified atom stereocenters. The van der Waals surface area contributed by atoms with Crippen LogP contribution in [0.25, 0.3) is 10.8 Å². The van der Waals surface area contributed by atoms with E-state index in [2.05, 4.69) is 6.07 Å². The predicted molar refractivity (Wildman–Crippen MR) is 55.9 cm³/mol. The van der Waals surface area contributed by atoms with E-state index in [0.29, 0.717) is 5.75 Å². The molecule has 0 aliphatic carbocycles. The van der Waals surface area contributed by atoms with E-state index in [4.69, 9.17) is 9.47 Å². The summed E-state index contributed by atoms with van der Waals surface area (Å²) in [5, 5.41) is 2.06. The van der Waals surface area contributed by atoms with E-state index in [0.717, 1.165) is 16.5 Å². The van der Waals surface area contributed by atoms with Crippen LogP contribution in [0.5, 0.6) is 11.5 Å². The molecule has 0 amide bonds. The highest BCUT2D eigenvalue weighted by atomic mass is 16.5. The number of hydrogen-bond donors (Lipinski definition) is 0. The van der Waals surface area contributed by atoms with E-state index in [-0.39, 0.29) is 0 Å². The van der Waals surface area contributed by atoms with Gasteiger partial charge in [0.2, 0.25) is 0 Å². The smallest absolute Gasteiger partial charge is 0.131 e. The van der Waals surface area contributed by atoms with E-state index in [9.17, 15) is 0 Å². The summed E-state index contributed by atoms with van der Waals surface area (Å²) in [6.45, 7) is 0. The van der Waals surface area contributed by atoms with Crippen molar-refractivity contribution in [3.63, 3.8) is 0 Å². The van der Waals surface area contributed by atoms with Gasteiger partial charge in [0.15, 0.2) is 0 Å². The zero-order valence-electron chi connectivity index (χ0n) is 8.20. The zero-order valence-corrected chi connectivity index (χ0v) is 8.20. The number of rotatable bonds is 2. The van der Waals surface area contributed by atoms with Crippen LogP contribution in [-0.4, -0.2) is 14.2 Å². The Morgan fingerprint density at radius 3 is 2.57 bits per heavy atom. The summed E-state index contributed by atoms with van der Waals surface area (Å²) >= 11 is 0. The summed E-state index contributed by atoms with van der Waals surface area (Å²) in [4.78, 5) is 0. The van der Waals surface area contributed by atoms with Crippen molar-refractivity contribution in [2.24, 2.45) is 0 Å². The Bertz CT molecular complexity index is 449. The van der Waals surface area contributed by atoms with Crippen molar-refractivity contribution in [2.75, 3.05) is 14.2 Å². The van der Waals surface area contributed by atoms with Gasteiger partial charge in [-0.15, -0.1) is 0 Å². The standard InChI is InChI=1S/C12H11O2/c1-13-10-7-9-5-3-4-6-11(9)12(8-10)14-2/h3-6,8H,1-2H3. The second kappa shape index (κ2) is 3.58. The Morgan fingerprint density at radius 2 is 1.86 bits per heavy atom. The van der Waals surface area contributed by atoms with Gasteiger partial charge in [0.05, 0.1) is 14.2 Å². The van der Waals surface area contributed by atoms with Crippen LogP contribution in [0.3, 0.4) is 0 Å². The lowest BCUT2D eigenvalue weighted by Gasteiger charge is -2.07. The van der Waals surface area contributed by atoms with Gasteiger partial charge >= 0.3 is 0 Å². The number of fused-ring (bicyclic) bond motifs is 1. The highest BCUT2D eigenvalue weighted by molar-refractivity contribution is 5.89. The Balaban J connectivity index is 2.73. The van der Waals surface area contributed by atoms with Crippen LogP contribution in [0, 0.1) is 6.07 Å². The Morgan fingerprint density at radius 1 is 1.07 bits per heavy atom. The normalized spacial score (nSPS) is 10.1. The van der Waals surface area contributed by atoms with E-state index >= 15 is 0 Å². The largest absolute Gasteiger partial charge is 0.496 e. The molecule has 0 fully saturated rings. The Labute approximate surface area is 83.1 Å². The van der Waals surface area contributed by atoms with Gasteiger partial charge in [0.25, 0.3) is 0 Å². The van der Waals surface area contributed by atoms with Crippen LogP contribution in [0.1, 0.15) is 0 Å². The van der Waals surface area contributed by atoms with Crippen LogP contribution in [0.2, 0.25) is 0 Å². The SMILES string of the molecule is COc1[c]c2ccccc2c(OC)c1. The molecule has 0 saturated carbocycles. The molecule has 71 valence electrons. The summed E-state index contributed by atoms with van der Waals surface area (Å²) in [5.74, 6) is 1.51. The lowest BCUT2D eigenvalue weighted by Crippen LogP contribution is -1.88. The van der Waals surface area contributed by atoms with Crippen molar-refractivity contribution in [1.82, 2.24) is 0 Å². The molecular formula is C12H11O2. The molecule has 0 spiro atoms. The van der Waals surface area contributed by atoms with Crippen LogP contribution >= 0.6 is 0 Å². The first-order valence-corrected chi connectivity index (χ1v) is 4.38. The van der Waals surface area contributed by atoms with Crippen molar-refractivity contribution in [3.8, 4) is 11.5 Å². The summed E-state index contributed by atoms with van der Waals surface area (Å²) in [7, 11) is 3.28. The molecule has 0 saturated heterocycles. The van der Waals surface area contributed by atoms with E-state index in [1.165, 1.54) is 0 Å².